The highest BCUT2D eigenvalue weighted by atomic mass is 16.5. The summed E-state index contributed by atoms with van der Waals surface area (Å²) in [5, 5.41) is 6.56. The fraction of sp³-hybridized carbons (Fsp3) is 0.111. The molecule has 0 radical (unpaired) electrons. The van der Waals surface area contributed by atoms with Crippen molar-refractivity contribution in [1.82, 2.24) is 10.3 Å². The van der Waals surface area contributed by atoms with E-state index in [-0.39, 0.29) is 18.4 Å². The van der Waals surface area contributed by atoms with E-state index < -0.39 is 0 Å². The Labute approximate surface area is 137 Å². The van der Waals surface area contributed by atoms with E-state index >= 15 is 0 Å². The van der Waals surface area contributed by atoms with Crippen LogP contribution in [0.15, 0.2) is 48.7 Å². The minimum absolute atomic E-state index is 0.0315. The van der Waals surface area contributed by atoms with Crippen LogP contribution in [0.5, 0.6) is 5.75 Å². The van der Waals surface area contributed by atoms with Gasteiger partial charge >= 0.3 is 0 Å². The summed E-state index contributed by atoms with van der Waals surface area (Å²) in [6, 6.07) is 12.9. The van der Waals surface area contributed by atoms with Crippen molar-refractivity contribution in [3.63, 3.8) is 0 Å². The quantitative estimate of drug-likeness (QED) is 0.693. The molecule has 24 heavy (non-hydrogen) atoms. The topological polar surface area (TPSA) is 83.2 Å². The molecule has 0 saturated carbocycles. The van der Waals surface area contributed by atoms with Gasteiger partial charge in [-0.15, -0.1) is 0 Å². The van der Waals surface area contributed by atoms with E-state index in [4.69, 9.17) is 4.74 Å². The van der Waals surface area contributed by atoms with Crippen LogP contribution in [0, 0.1) is 0 Å². The van der Waals surface area contributed by atoms with E-state index in [0.29, 0.717) is 23.5 Å². The number of carbonyl (C=O) groups is 2. The van der Waals surface area contributed by atoms with Gasteiger partial charge in [0.2, 0.25) is 0 Å². The standard InChI is InChI=1S/C18H15N3O3/c22-17-10-24-16-5-4-11(8-15(16)21-17)9-20-18(23)13-2-1-3-14-12(13)6-7-19-14/h1-8,19H,9-10H2,(H,20,23)(H,21,22). The van der Waals surface area contributed by atoms with E-state index in [9.17, 15) is 9.59 Å². The average Bonchev–Trinajstić information content (AvgIpc) is 3.08. The molecule has 6 heteroatoms. The Balaban J connectivity index is 1.51. The maximum atomic E-state index is 12.5. The molecule has 0 fully saturated rings. The summed E-state index contributed by atoms with van der Waals surface area (Å²) in [7, 11) is 0. The number of hydrogen-bond acceptors (Lipinski definition) is 3. The largest absolute Gasteiger partial charge is 0.482 e. The maximum absolute atomic E-state index is 12.5. The number of aromatic nitrogens is 1. The molecule has 1 aromatic heterocycles. The summed E-state index contributed by atoms with van der Waals surface area (Å²) < 4.78 is 5.32. The molecule has 120 valence electrons. The number of carbonyl (C=O) groups excluding carboxylic acids is 2. The number of ether oxygens (including phenoxy) is 1. The van der Waals surface area contributed by atoms with Crippen LogP contribution < -0.4 is 15.4 Å². The summed E-state index contributed by atoms with van der Waals surface area (Å²) in [5.74, 6) is 0.322. The van der Waals surface area contributed by atoms with Gasteiger partial charge in [0.05, 0.1) is 5.69 Å². The van der Waals surface area contributed by atoms with Crippen LogP contribution in [0.25, 0.3) is 10.9 Å². The average molecular weight is 321 g/mol. The van der Waals surface area contributed by atoms with Gasteiger partial charge in [-0.05, 0) is 35.9 Å². The van der Waals surface area contributed by atoms with Crippen LogP contribution in [0.1, 0.15) is 15.9 Å². The lowest BCUT2D eigenvalue weighted by molar-refractivity contribution is -0.118. The number of aromatic amines is 1. The number of amides is 2. The third-order valence-corrected chi connectivity index (χ3v) is 3.97. The third-order valence-electron chi connectivity index (χ3n) is 3.97. The number of benzene rings is 2. The van der Waals surface area contributed by atoms with Crippen LogP contribution in [-0.4, -0.2) is 23.4 Å². The van der Waals surface area contributed by atoms with Gasteiger partial charge in [-0.2, -0.15) is 0 Å². The first kappa shape index (κ1) is 14.3. The zero-order chi connectivity index (χ0) is 16.5. The molecule has 0 atom stereocenters. The molecule has 1 aliphatic rings. The van der Waals surface area contributed by atoms with Crippen LogP contribution in [0.2, 0.25) is 0 Å². The smallest absolute Gasteiger partial charge is 0.262 e. The molecular weight excluding hydrogens is 306 g/mol. The molecule has 0 unspecified atom stereocenters. The van der Waals surface area contributed by atoms with Gasteiger partial charge in [0.1, 0.15) is 5.75 Å². The Hall–Kier alpha value is -3.28. The number of H-pyrrole nitrogens is 1. The summed E-state index contributed by atoms with van der Waals surface area (Å²) in [4.78, 5) is 26.9. The van der Waals surface area contributed by atoms with Gasteiger partial charge in [-0.3, -0.25) is 9.59 Å². The lowest BCUT2D eigenvalue weighted by Crippen LogP contribution is -2.26. The Morgan fingerprint density at radius 3 is 3.04 bits per heavy atom. The second kappa shape index (κ2) is 5.73. The molecule has 6 nitrogen and oxygen atoms in total. The highest BCUT2D eigenvalue weighted by molar-refractivity contribution is 6.06. The number of rotatable bonds is 3. The van der Waals surface area contributed by atoms with Gasteiger partial charge in [0.25, 0.3) is 11.8 Å². The van der Waals surface area contributed by atoms with Crippen LogP contribution in [0.3, 0.4) is 0 Å². The highest BCUT2D eigenvalue weighted by Gasteiger charge is 2.16. The molecule has 2 aromatic carbocycles. The van der Waals surface area contributed by atoms with Crippen LogP contribution in [-0.2, 0) is 11.3 Å². The minimum atomic E-state index is -0.178. The fourth-order valence-electron chi connectivity index (χ4n) is 2.80. The van der Waals surface area contributed by atoms with E-state index in [0.717, 1.165) is 16.5 Å². The zero-order valence-corrected chi connectivity index (χ0v) is 12.8. The first-order valence-electron chi connectivity index (χ1n) is 7.60. The van der Waals surface area contributed by atoms with Gasteiger partial charge < -0.3 is 20.4 Å². The lowest BCUT2D eigenvalue weighted by atomic mass is 10.1. The highest BCUT2D eigenvalue weighted by Crippen LogP contribution is 2.28. The predicted octanol–water partition coefficient (Wildman–Crippen LogP) is 2.43. The monoisotopic (exact) mass is 321 g/mol. The lowest BCUT2D eigenvalue weighted by Gasteiger charge is -2.18. The molecule has 0 saturated heterocycles. The van der Waals surface area contributed by atoms with E-state index in [1.807, 2.05) is 36.5 Å². The third kappa shape index (κ3) is 2.58. The molecule has 0 aliphatic carbocycles. The maximum Gasteiger partial charge on any atom is 0.262 e. The molecule has 3 N–H and O–H groups in total. The SMILES string of the molecule is O=C1COc2ccc(CNC(=O)c3cccc4[nH]ccc34)cc2N1. The van der Waals surface area contributed by atoms with Crippen molar-refractivity contribution < 1.29 is 14.3 Å². The normalized spacial score (nSPS) is 13.1. The van der Waals surface area contributed by atoms with E-state index in [1.54, 1.807) is 12.1 Å². The van der Waals surface area contributed by atoms with Crippen LogP contribution in [0.4, 0.5) is 5.69 Å². The Kier molecular flexibility index (Phi) is 3.42. The molecule has 0 spiro atoms. The van der Waals surface area contributed by atoms with Crippen LogP contribution >= 0.6 is 0 Å². The van der Waals surface area contributed by atoms with Crippen molar-refractivity contribution >= 4 is 28.4 Å². The predicted molar refractivity (Wildman–Crippen MR) is 90.0 cm³/mol. The summed E-state index contributed by atoms with van der Waals surface area (Å²) in [6.07, 6.45) is 1.81. The van der Waals surface area contributed by atoms with Gasteiger partial charge in [-0.1, -0.05) is 12.1 Å². The summed E-state index contributed by atoms with van der Waals surface area (Å²) in [6.45, 7) is 0.395. The summed E-state index contributed by atoms with van der Waals surface area (Å²) >= 11 is 0. The number of hydrogen-bond donors (Lipinski definition) is 3. The fourth-order valence-corrected chi connectivity index (χ4v) is 2.80. The van der Waals surface area contributed by atoms with Crippen molar-refractivity contribution in [3.8, 4) is 5.75 Å². The van der Waals surface area contributed by atoms with Gasteiger partial charge in [-0.25, -0.2) is 0 Å². The molecule has 3 aromatic rings. The van der Waals surface area contributed by atoms with Crippen molar-refractivity contribution in [3.05, 3.63) is 59.8 Å². The van der Waals surface area contributed by atoms with Crippen molar-refractivity contribution in [2.24, 2.45) is 0 Å². The molecular formula is C18H15N3O3. The van der Waals surface area contributed by atoms with Crippen molar-refractivity contribution in [2.75, 3.05) is 11.9 Å². The molecule has 2 heterocycles. The molecule has 2 amide bonds. The van der Waals surface area contributed by atoms with Crippen molar-refractivity contribution in [2.45, 2.75) is 6.54 Å². The number of fused-ring (bicyclic) bond motifs is 2. The molecule has 0 bridgehead atoms. The first-order chi connectivity index (χ1) is 11.7. The Morgan fingerprint density at radius 1 is 1.21 bits per heavy atom. The van der Waals surface area contributed by atoms with Gasteiger partial charge in [0.15, 0.2) is 6.61 Å². The number of anilines is 1. The Bertz CT molecular complexity index is 946. The number of nitrogens with one attached hydrogen (secondary N) is 3. The van der Waals surface area contributed by atoms with Gasteiger partial charge in [0, 0.05) is 29.2 Å². The van der Waals surface area contributed by atoms with E-state index in [2.05, 4.69) is 15.6 Å². The van der Waals surface area contributed by atoms with Crippen molar-refractivity contribution in [1.29, 1.82) is 0 Å². The second-order valence-corrected chi connectivity index (χ2v) is 5.59. The molecule has 1 aliphatic heterocycles. The molecule has 4 rings (SSSR count). The summed E-state index contributed by atoms with van der Waals surface area (Å²) in [5.41, 5.74) is 3.07. The first-order valence-corrected chi connectivity index (χ1v) is 7.60. The Morgan fingerprint density at radius 2 is 2.12 bits per heavy atom. The minimum Gasteiger partial charge on any atom is -0.482 e. The zero-order valence-electron chi connectivity index (χ0n) is 12.8. The second-order valence-electron chi connectivity index (χ2n) is 5.59. The van der Waals surface area contributed by atoms with E-state index in [1.165, 1.54) is 0 Å².